The first-order chi connectivity index (χ1) is 12.6. The van der Waals surface area contributed by atoms with E-state index < -0.39 is 5.97 Å². The van der Waals surface area contributed by atoms with E-state index in [1.165, 1.54) is 15.0 Å². The molecule has 1 aromatic heterocycles. The number of hydrogen-bond donors (Lipinski definition) is 2. The topological polar surface area (TPSA) is 66.4 Å². The van der Waals surface area contributed by atoms with Crippen LogP contribution in [0.5, 0.6) is 0 Å². The van der Waals surface area contributed by atoms with Crippen molar-refractivity contribution in [3.8, 4) is 10.4 Å². The molecule has 0 saturated heterocycles. The molecule has 0 spiro atoms. The minimum absolute atomic E-state index is 0.240. The van der Waals surface area contributed by atoms with Gasteiger partial charge in [0.2, 0.25) is 0 Å². The van der Waals surface area contributed by atoms with Crippen LogP contribution in [0, 0.1) is 0 Å². The third-order valence-electron chi connectivity index (χ3n) is 4.60. The molecular weight excluding hydrogens is 346 g/mol. The fourth-order valence-electron chi connectivity index (χ4n) is 3.28. The maximum Gasteiger partial charge on any atom is 0.332 e. The largest absolute Gasteiger partial charge is 0.478 e. The third kappa shape index (κ3) is 3.13. The number of carboxylic acid groups (broad SMARTS) is 1. The third-order valence-corrected chi connectivity index (χ3v) is 5.77. The molecule has 130 valence electrons. The number of aliphatic carboxylic acids is 1. The van der Waals surface area contributed by atoms with Gasteiger partial charge in [0.15, 0.2) is 0 Å². The van der Waals surface area contributed by atoms with Gasteiger partial charge in [0.05, 0.1) is 0 Å². The number of fused-ring (bicyclic) bond motifs is 1. The summed E-state index contributed by atoms with van der Waals surface area (Å²) in [6.45, 7) is 0. The van der Waals surface area contributed by atoms with Crippen LogP contribution in [0.2, 0.25) is 0 Å². The van der Waals surface area contributed by atoms with Crippen LogP contribution in [0.3, 0.4) is 0 Å². The van der Waals surface area contributed by atoms with Gasteiger partial charge in [-0.05, 0) is 54.5 Å². The number of carboxylic acids is 1. The van der Waals surface area contributed by atoms with E-state index >= 15 is 0 Å². The Bertz CT molecular complexity index is 998. The SMILES string of the molecule is O=C(O)C1=C(C(=O)Nc2ccc(-c3cc4ccccc4s3)cc2)CCC1. The van der Waals surface area contributed by atoms with Gasteiger partial charge in [0, 0.05) is 26.4 Å². The van der Waals surface area contributed by atoms with Gasteiger partial charge in [-0.1, -0.05) is 30.3 Å². The van der Waals surface area contributed by atoms with Gasteiger partial charge in [0.1, 0.15) is 0 Å². The van der Waals surface area contributed by atoms with Crippen LogP contribution in [-0.2, 0) is 9.59 Å². The standard InChI is InChI=1S/C21H17NO3S/c23-20(16-5-3-6-17(16)21(24)25)22-15-10-8-13(9-11-15)19-12-14-4-1-2-7-18(14)26-19/h1-2,4,7-12H,3,5-6H2,(H,22,23)(H,24,25). The normalized spacial score (nSPS) is 14.0. The van der Waals surface area contributed by atoms with Gasteiger partial charge in [-0.25, -0.2) is 4.79 Å². The van der Waals surface area contributed by atoms with E-state index in [4.69, 9.17) is 0 Å². The lowest BCUT2D eigenvalue weighted by Gasteiger charge is -2.08. The van der Waals surface area contributed by atoms with Crippen molar-refractivity contribution in [1.29, 1.82) is 0 Å². The van der Waals surface area contributed by atoms with E-state index in [9.17, 15) is 14.7 Å². The zero-order chi connectivity index (χ0) is 18.1. The van der Waals surface area contributed by atoms with Gasteiger partial charge in [-0.2, -0.15) is 0 Å². The second-order valence-corrected chi connectivity index (χ2v) is 7.38. The smallest absolute Gasteiger partial charge is 0.332 e. The fraction of sp³-hybridized carbons (Fsp3) is 0.143. The van der Waals surface area contributed by atoms with Crippen molar-refractivity contribution >= 4 is 39.0 Å². The lowest BCUT2D eigenvalue weighted by atomic mass is 10.1. The molecule has 0 atom stereocenters. The van der Waals surface area contributed by atoms with Gasteiger partial charge >= 0.3 is 5.97 Å². The van der Waals surface area contributed by atoms with Gasteiger partial charge < -0.3 is 10.4 Å². The van der Waals surface area contributed by atoms with E-state index in [2.05, 4.69) is 23.5 Å². The van der Waals surface area contributed by atoms with Crippen LogP contribution >= 0.6 is 11.3 Å². The Balaban J connectivity index is 1.54. The molecule has 4 nitrogen and oxygen atoms in total. The summed E-state index contributed by atoms with van der Waals surface area (Å²) < 4.78 is 1.24. The molecule has 4 rings (SSSR count). The summed E-state index contributed by atoms with van der Waals surface area (Å²) in [6.07, 6.45) is 1.70. The van der Waals surface area contributed by atoms with Crippen molar-refractivity contribution in [2.45, 2.75) is 19.3 Å². The number of carbonyl (C=O) groups is 2. The van der Waals surface area contributed by atoms with Crippen molar-refractivity contribution in [1.82, 2.24) is 0 Å². The molecule has 26 heavy (non-hydrogen) atoms. The molecule has 1 aliphatic carbocycles. The minimum atomic E-state index is -0.993. The highest BCUT2D eigenvalue weighted by atomic mass is 32.1. The average Bonchev–Trinajstić information content (AvgIpc) is 3.29. The Labute approximate surface area is 154 Å². The Morgan fingerprint density at radius 2 is 1.69 bits per heavy atom. The number of amides is 1. The van der Waals surface area contributed by atoms with Crippen molar-refractivity contribution in [2.24, 2.45) is 0 Å². The first-order valence-corrected chi connectivity index (χ1v) is 9.29. The number of hydrogen-bond acceptors (Lipinski definition) is 3. The number of anilines is 1. The molecule has 0 bridgehead atoms. The summed E-state index contributed by atoms with van der Waals surface area (Å²) in [5.41, 5.74) is 2.40. The van der Waals surface area contributed by atoms with Crippen molar-refractivity contribution in [3.05, 3.63) is 65.7 Å². The molecule has 2 N–H and O–H groups in total. The maximum absolute atomic E-state index is 12.4. The summed E-state index contributed by atoms with van der Waals surface area (Å²) in [4.78, 5) is 24.8. The number of thiophene rings is 1. The number of carbonyl (C=O) groups excluding carboxylic acids is 1. The fourth-order valence-corrected chi connectivity index (χ4v) is 4.35. The minimum Gasteiger partial charge on any atom is -0.478 e. The van der Waals surface area contributed by atoms with Crippen LogP contribution in [0.4, 0.5) is 5.69 Å². The molecule has 0 saturated carbocycles. The van der Waals surface area contributed by atoms with E-state index in [0.717, 1.165) is 12.0 Å². The molecule has 1 aliphatic rings. The summed E-state index contributed by atoms with van der Waals surface area (Å²) in [5, 5.41) is 13.2. The van der Waals surface area contributed by atoms with Gasteiger partial charge in [-0.3, -0.25) is 4.79 Å². The van der Waals surface area contributed by atoms with Crippen LogP contribution in [0.25, 0.3) is 20.5 Å². The Morgan fingerprint density at radius 1 is 0.962 bits per heavy atom. The van der Waals surface area contributed by atoms with Crippen LogP contribution in [0.1, 0.15) is 19.3 Å². The second-order valence-electron chi connectivity index (χ2n) is 6.30. The van der Waals surface area contributed by atoms with Gasteiger partial charge in [-0.15, -0.1) is 11.3 Å². The highest BCUT2D eigenvalue weighted by Crippen LogP contribution is 2.34. The molecule has 0 fully saturated rings. The molecule has 0 radical (unpaired) electrons. The predicted molar refractivity (Wildman–Crippen MR) is 104 cm³/mol. The highest BCUT2D eigenvalue weighted by molar-refractivity contribution is 7.22. The van der Waals surface area contributed by atoms with E-state index in [1.54, 1.807) is 11.3 Å². The lowest BCUT2D eigenvalue weighted by molar-refractivity contribution is -0.133. The van der Waals surface area contributed by atoms with Gasteiger partial charge in [0.25, 0.3) is 5.91 Å². The van der Waals surface area contributed by atoms with Crippen molar-refractivity contribution < 1.29 is 14.7 Å². The summed E-state index contributed by atoms with van der Waals surface area (Å²) in [6, 6.07) is 18.1. The number of rotatable bonds is 4. The summed E-state index contributed by atoms with van der Waals surface area (Å²) in [7, 11) is 0. The van der Waals surface area contributed by atoms with Crippen LogP contribution in [-0.4, -0.2) is 17.0 Å². The zero-order valence-corrected chi connectivity index (χ0v) is 14.8. The Hall–Kier alpha value is -2.92. The monoisotopic (exact) mass is 363 g/mol. The summed E-state index contributed by atoms with van der Waals surface area (Å²) >= 11 is 1.73. The quantitative estimate of drug-likeness (QED) is 0.680. The predicted octanol–water partition coefficient (Wildman–Crippen LogP) is 5.07. The summed E-state index contributed by atoms with van der Waals surface area (Å²) in [5.74, 6) is -1.30. The Kier molecular flexibility index (Phi) is 4.31. The molecule has 5 heteroatoms. The molecule has 3 aromatic rings. The average molecular weight is 363 g/mol. The number of nitrogens with one attached hydrogen (secondary N) is 1. The maximum atomic E-state index is 12.4. The van der Waals surface area contributed by atoms with Crippen LogP contribution < -0.4 is 5.32 Å². The molecule has 2 aromatic carbocycles. The number of benzene rings is 2. The van der Waals surface area contributed by atoms with E-state index in [1.807, 2.05) is 36.4 Å². The van der Waals surface area contributed by atoms with Crippen LogP contribution in [0.15, 0.2) is 65.7 Å². The second kappa shape index (κ2) is 6.77. The first-order valence-electron chi connectivity index (χ1n) is 8.47. The molecule has 1 amide bonds. The van der Waals surface area contributed by atoms with E-state index in [-0.39, 0.29) is 11.5 Å². The molecule has 1 heterocycles. The molecule has 0 aliphatic heterocycles. The highest BCUT2D eigenvalue weighted by Gasteiger charge is 2.25. The Morgan fingerprint density at radius 3 is 2.42 bits per heavy atom. The lowest BCUT2D eigenvalue weighted by Crippen LogP contribution is -2.16. The molecular formula is C21H17NO3S. The van der Waals surface area contributed by atoms with E-state index in [0.29, 0.717) is 24.1 Å². The van der Waals surface area contributed by atoms with Crippen molar-refractivity contribution in [3.63, 3.8) is 0 Å². The van der Waals surface area contributed by atoms with Crippen molar-refractivity contribution in [2.75, 3.05) is 5.32 Å². The molecule has 0 unspecified atom stereocenters. The first kappa shape index (κ1) is 16.5. The zero-order valence-electron chi connectivity index (χ0n) is 14.0.